The number of aliphatic hydroxyl groups excluding tert-OH is 3. The largest absolute Gasteiger partial charge is 0.393 e. The first-order valence-electron chi connectivity index (χ1n) is 9.25. The summed E-state index contributed by atoms with van der Waals surface area (Å²) in [5, 5.41) is 42.9. The molecule has 4 nitrogen and oxygen atoms in total. The van der Waals surface area contributed by atoms with Gasteiger partial charge in [-0.15, -0.1) is 0 Å². The molecule has 0 saturated heterocycles. The van der Waals surface area contributed by atoms with Gasteiger partial charge in [-0.3, -0.25) is 0 Å². The quantitative estimate of drug-likeness (QED) is 0.583. The average molecular weight is 336 g/mol. The summed E-state index contributed by atoms with van der Waals surface area (Å²) in [4.78, 5) is 0. The SMILES string of the molecule is CC(C)=C[C@@H]1C=C(CO)[C@H]2CC[C@@]3(C)C[C@](O)(CC[C@H]3O)[C@@H]2[C@H]1O. The number of aliphatic hydroxyl groups is 4. The molecule has 4 heteroatoms. The van der Waals surface area contributed by atoms with E-state index in [1.807, 2.05) is 26.0 Å². The lowest BCUT2D eigenvalue weighted by Gasteiger charge is -2.51. The second kappa shape index (κ2) is 6.24. The van der Waals surface area contributed by atoms with Crippen LogP contribution in [-0.2, 0) is 0 Å². The summed E-state index contributed by atoms with van der Waals surface area (Å²) in [6.07, 6.45) is 6.21. The number of rotatable bonds is 2. The maximum Gasteiger partial charge on any atom is 0.0713 e. The van der Waals surface area contributed by atoms with E-state index in [0.717, 1.165) is 24.0 Å². The molecule has 0 aromatic rings. The van der Waals surface area contributed by atoms with Crippen molar-refractivity contribution in [3.63, 3.8) is 0 Å². The first-order valence-corrected chi connectivity index (χ1v) is 9.25. The Morgan fingerprint density at radius 1 is 1.25 bits per heavy atom. The molecule has 2 fully saturated rings. The molecule has 3 aliphatic carbocycles. The molecule has 3 rings (SSSR count). The Morgan fingerprint density at radius 2 is 1.96 bits per heavy atom. The first-order chi connectivity index (χ1) is 11.2. The summed E-state index contributed by atoms with van der Waals surface area (Å²) in [7, 11) is 0. The van der Waals surface area contributed by atoms with Crippen LogP contribution in [0.5, 0.6) is 0 Å². The van der Waals surface area contributed by atoms with Crippen molar-refractivity contribution in [1.29, 1.82) is 0 Å². The van der Waals surface area contributed by atoms with Crippen LogP contribution in [0.1, 0.15) is 52.9 Å². The van der Waals surface area contributed by atoms with Gasteiger partial charge in [-0.2, -0.15) is 0 Å². The third-order valence-corrected chi connectivity index (χ3v) is 6.80. The zero-order valence-corrected chi connectivity index (χ0v) is 15.1. The van der Waals surface area contributed by atoms with Gasteiger partial charge in [0.1, 0.15) is 0 Å². The Labute approximate surface area is 144 Å². The molecule has 7 atom stereocenters. The highest BCUT2D eigenvalue weighted by molar-refractivity contribution is 5.26. The van der Waals surface area contributed by atoms with Gasteiger partial charge >= 0.3 is 0 Å². The minimum absolute atomic E-state index is 0.0102. The van der Waals surface area contributed by atoms with E-state index < -0.39 is 17.8 Å². The molecule has 2 saturated carbocycles. The predicted octanol–water partition coefficient (Wildman–Crippen LogP) is 2.17. The van der Waals surface area contributed by atoms with Crippen LogP contribution in [-0.4, -0.2) is 44.8 Å². The van der Waals surface area contributed by atoms with E-state index in [0.29, 0.717) is 19.3 Å². The highest BCUT2D eigenvalue weighted by Crippen LogP contribution is 2.57. The molecule has 2 bridgehead atoms. The van der Waals surface area contributed by atoms with Crippen molar-refractivity contribution in [2.75, 3.05) is 6.61 Å². The van der Waals surface area contributed by atoms with Crippen molar-refractivity contribution >= 4 is 0 Å². The third kappa shape index (κ3) is 2.88. The number of fused-ring (bicyclic) bond motifs is 4. The molecule has 0 radical (unpaired) electrons. The lowest BCUT2D eigenvalue weighted by atomic mass is 9.59. The van der Waals surface area contributed by atoms with Gasteiger partial charge in [0.15, 0.2) is 0 Å². The molecular formula is C20H32O4. The number of hydrogen-bond donors (Lipinski definition) is 4. The summed E-state index contributed by atoms with van der Waals surface area (Å²) < 4.78 is 0. The third-order valence-electron chi connectivity index (χ3n) is 6.80. The average Bonchev–Trinajstić information content (AvgIpc) is 2.60. The predicted molar refractivity (Wildman–Crippen MR) is 93.2 cm³/mol. The molecule has 0 aliphatic heterocycles. The lowest BCUT2D eigenvalue weighted by Crippen LogP contribution is -2.56. The van der Waals surface area contributed by atoms with Gasteiger partial charge in [-0.05, 0) is 62.9 Å². The maximum absolute atomic E-state index is 11.5. The molecule has 4 N–H and O–H groups in total. The number of allylic oxidation sites excluding steroid dienone is 1. The molecule has 0 aromatic heterocycles. The minimum Gasteiger partial charge on any atom is -0.393 e. The van der Waals surface area contributed by atoms with E-state index in [4.69, 9.17) is 0 Å². The molecule has 0 unspecified atom stereocenters. The molecular weight excluding hydrogens is 304 g/mol. The Balaban J connectivity index is 2.05. The van der Waals surface area contributed by atoms with Crippen LogP contribution in [0.3, 0.4) is 0 Å². The van der Waals surface area contributed by atoms with Crippen molar-refractivity contribution in [1.82, 2.24) is 0 Å². The van der Waals surface area contributed by atoms with Crippen LogP contribution in [0.2, 0.25) is 0 Å². The summed E-state index contributed by atoms with van der Waals surface area (Å²) in [6, 6.07) is 0. The fourth-order valence-electron chi connectivity index (χ4n) is 5.60. The highest BCUT2D eigenvalue weighted by atomic mass is 16.3. The van der Waals surface area contributed by atoms with Crippen LogP contribution in [0, 0.1) is 23.2 Å². The second-order valence-corrected chi connectivity index (χ2v) is 8.87. The topological polar surface area (TPSA) is 80.9 Å². The van der Waals surface area contributed by atoms with E-state index in [9.17, 15) is 20.4 Å². The van der Waals surface area contributed by atoms with E-state index in [2.05, 4.69) is 6.92 Å². The fourth-order valence-corrected chi connectivity index (χ4v) is 5.60. The Bertz CT molecular complexity index is 550. The van der Waals surface area contributed by atoms with Gasteiger partial charge in [0.05, 0.1) is 24.4 Å². The van der Waals surface area contributed by atoms with Gasteiger partial charge in [-0.1, -0.05) is 24.6 Å². The molecule has 0 spiro atoms. The van der Waals surface area contributed by atoms with Crippen LogP contribution >= 0.6 is 0 Å². The first kappa shape index (κ1) is 18.1. The van der Waals surface area contributed by atoms with Gasteiger partial charge in [0, 0.05) is 11.8 Å². The lowest BCUT2D eigenvalue weighted by molar-refractivity contribution is -0.156. The van der Waals surface area contributed by atoms with E-state index in [-0.39, 0.29) is 29.8 Å². The maximum atomic E-state index is 11.5. The molecule has 3 aliphatic rings. The second-order valence-electron chi connectivity index (χ2n) is 8.87. The van der Waals surface area contributed by atoms with Crippen LogP contribution in [0.25, 0.3) is 0 Å². The summed E-state index contributed by atoms with van der Waals surface area (Å²) >= 11 is 0. The van der Waals surface area contributed by atoms with E-state index >= 15 is 0 Å². The van der Waals surface area contributed by atoms with Gasteiger partial charge in [-0.25, -0.2) is 0 Å². The fraction of sp³-hybridized carbons (Fsp3) is 0.800. The zero-order chi connectivity index (χ0) is 17.7. The highest BCUT2D eigenvalue weighted by Gasteiger charge is 2.58. The van der Waals surface area contributed by atoms with Crippen LogP contribution in [0.4, 0.5) is 0 Å². The zero-order valence-electron chi connectivity index (χ0n) is 15.1. The normalized spacial score (nSPS) is 48.1. The molecule has 0 amide bonds. The van der Waals surface area contributed by atoms with Crippen molar-refractivity contribution < 1.29 is 20.4 Å². The summed E-state index contributed by atoms with van der Waals surface area (Å²) in [5.74, 6) is -0.456. The summed E-state index contributed by atoms with van der Waals surface area (Å²) in [5.41, 5.74) is 0.774. The number of hydrogen-bond acceptors (Lipinski definition) is 4. The standard InChI is InChI=1S/C20H32O4/c1-12(2)8-13-9-14(10-21)15-4-6-19(3)11-20(24,7-5-16(19)22)17(15)18(13)23/h8-9,13,15-18,21-24H,4-7,10-11H2,1-3H3/t13-,15-,16-,17+,18+,19+,20-/m1/s1. The van der Waals surface area contributed by atoms with Crippen molar-refractivity contribution in [2.45, 2.75) is 70.7 Å². The molecule has 0 heterocycles. The van der Waals surface area contributed by atoms with Crippen molar-refractivity contribution in [3.8, 4) is 0 Å². The Morgan fingerprint density at radius 3 is 2.58 bits per heavy atom. The Kier molecular flexibility index (Phi) is 4.71. The van der Waals surface area contributed by atoms with Gasteiger partial charge in [0.2, 0.25) is 0 Å². The molecule has 136 valence electrons. The molecule has 0 aromatic carbocycles. The van der Waals surface area contributed by atoms with E-state index in [1.54, 1.807) is 0 Å². The minimum atomic E-state index is -0.975. The molecule has 24 heavy (non-hydrogen) atoms. The van der Waals surface area contributed by atoms with Crippen molar-refractivity contribution in [3.05, 3.63) is 23.3 Å². The Hall–Kier alpha value is -0.680. The monoisotopic (exact) mass is 336 g/mol. The van der Waals surface area contributed by atoms with Gasteiger partial charge < -0.3 is 20.4 Å². The van der Waals surface area contributed by atoms with Gasteiger partial charge in [0.25, 0.3) is 0 Å². The smallest absolute Gasteiger partial charge is 0.0713 e. The van der Waals surface area contributed by atoms with Crippen LogP contribution in [0.15, 0.2) is 23.3 Å². The van der Waals surface area contributed by atoms with Crippen LogP contribution < -0.4 is 0 Å². The summed E-state index contributed by atoms with van der Waals surface area (Å²) in [6.45, 7) is 6.03. The van der Waals surface area contributed by atoms with Crippen molar-refractivity contribution in [2.24, 2.45) is 23.2 Å². The van der Waals surface area contributed by atoms with E-state index in [1.165, 1.54) is 0 Å².